The lowest BCUT2D eigenvalue weighted by molar-refractivity contribution is 0.567. The maximum Gasteiger partial charge on any atom is 0.115 e. The van der Waals surface area contributed by atoms with Crippen LogP contribution in [0.15, 0.2) is 30.9 Å². The molecule has 1 aliphatic rings. The molecular formula is C13H15N5. The van der Waals surface area contributed by atoms with Crippen LogP contribution < -0.4 is 5.32 Å². The molecule has 0 aromatic carbocycles. The largest absolute Gasteiger partial charge is 0.316 e. The zero-order chi connectivity index (χ0) is 12.2. The molecule has 1 N–H and O–H groups in total. The summed E-state index contributed by atoms with van der Waals surface area (Å²) >= 11 is 0. The first kappa shape index (κ1) is 11.2. The molecule has 0 radical (unpaired) electrons. The van der Waals surface area contributed by atoms with Gasteiger partial charge in [-0.15, -0.1) is 0 Å². The number of aromatic nitrogens is 4. The predicted molar refractivity (Wildman–Crippen MR) is 67.7 cm³/mol. The minimum Gasteiger partial charge on any atom is -0.316 e. The molecule has 2 aromatic heterocycles. The smallest absolute Gasteiger partial charge is 0.115 e. The maximum absolute atomic E-state index is 4.29. The van der Waals surface area contributed by atoms with E-state index in [1.54, 1.807) is 12.4 Å². The second kappa shape index (κ2) is 5.18. The molecule has 1 fully saturated rings. The average molecular weight is 241 g/mol. The van der Waals surface area contributed by atoms with Gasteiger partial charge < -0.3 is 5.32 Å². The molecule has 1 atom stereocenters. The van der Waals surface area contributed by atoms with E-state index in [4.69, 9.17) is 0 Å². The third-order valence-electron chi connectivity index (χ3n) is 3.24. The van der Waals surface area contributed by atoms with Crippen molar-refractivity contribution in [1.82, 2.24) is 25.5 Å². The van der Waals surface area contributed by atoms with Gasteiger partial charge in [0.1, 0.15) is 6.33 Å². The Kier molecular flexibility index (Phi) is 3.23. The van der Waals surface area contributed by atoms with E-state index in [1.807, 2.05) is 12.1 Å². The number of nitrogens with zero attached hydrogens (tertiary/aromatic N) is 4. The van der Waals surface area contributed by atoms with E-state index in [-0.39, 0.29) is 0 Å². The van der Waals surface area contributed by atoms with E-state index in [0.717, 1.165) is 36.5 Å². The van der Waals surface area contributed by atoms with Crippen molar-refractivity contribution >= 4 is 0 Å². The Morgan fingerprint density at radius 2 is 2.06 bits per heavy atom. The van der Waals surface area contributed by atoms with Crippen molar-refractivity contribution in [3.05, 3.63) is 36.5 Å². The Labute approximate surface area is 106 Å². The molecule has 92 valence electrons. The fourth-order valence-electron chi connectivity index (χ4n) is 2.24. The number of hydrogen-bond donors (Lipinski definition) is 1. The molecule has 3 rings (SSSR count). The van der Waals surface area contributed by atoms with Gasteiger partial charge in [0, 0.05) is 18.0 Å². The van der Waals surface area contributed by atoms with Crippen molar-refractivity contribution in [3.63, 3.8) is 0 Å². The number of rotatable bonds is 3. The zero-order valence-electron chi connectivity index (χ0n) is 10.1. The Balaban J connectivity index is 1.72. The molecule has 0 saturated carbocycles. The summed E-state index contributed by atoms with van der Waals surface area (Å²) in [5.41, 5.74) is 2.78. The lowest BCUT2D eigenvalue weighted by Gasteiger charge is -2.07. The molecule has 1 aliphatic heterocycles. The van der Waals surface area contributed by atoms with Gasteiger partial charge in [-0.05, 0) is 44.0 Å². The van der Waals surface area contributed by atoms with Crippen LogP contribution in [-0.4, -0.2) is 33.3 Å². The SMILES string of the molecule is c1ncc(-c2ccc(C[C@H]3CCNC3)nn2)cn1. The summed E-state index contributed by atoms with van der Waals surface area (Å²) in [6.07, 6.45) is 7.25. The van der Waals surface area contributed by atoms with Crippen LogP contribution in [0.25, 0.3) is 11.3 Å². The molecule has 1 saturated heterocycles. The molecule has 0 amide bonds. The summed E-state index contributed by atoms with van der Waals surface area (Å²) in [6.45, 7) is 2.22. The van der Waals surface area contributed by atoms with Crippen LogP contribution >= 0.6 is 0 Å². The van der Waals surface area contributed by atoms with Gasteiger partial charge in [-0.25, -0.2) is 9.97 Å². The minimum atomic E-state index is 0.699. The van der Waals surface area contributed by atoms with E-state index in [9.17, 15) is 0 Å². The van der Waals surface area contributed by atoms with Crippen molar-refractivity contribution in [2.24, 2.45) is 5.92 Å². The molecule has 5 nitrogen and oxygen atoms in total. The van der Waals surface area contributed by atoms with Gasteiger partial charge in [0.2, 0.25) is 0 Å². The zero-order valence-corrected chi connectivity index (χ0v) is 10.1. The normalized spacial score (nSPS) is 19.0. The van der Waals surface area contributed by atoms with E-state index in [1.165, 1.54) is 12.7 Å². The molecule has 2 aromatic rings. The quantitative estimate of drug-likeness (QED) is 0.871. The standard InChI is InChI=1S/C13H15N5/c1-2-13(11-7-15-9-16-8-11)18-17-12(1)5-10-3-4-14-6-10/h1-2,7-10,14H,3-6H2/t10-/m1/s1. The van der Waals surface area contributed by atoms with Crippen LogP contribution in [0.4, 0.5) is 0 Å². The molecule has 18 heavy (non-hydrogen) atoms. The van der Waals surface area contributed by atoms with Crippen molar-refractivity contribution in [3.8, 4) is 11.3 Å². The third-order valence-corrected chi connectivity index (χ3v) is 3.24. The fraction of sp³-hybridized carbons (Fsp3) is 0.385. The minimum absolute atomic E-state index is 0.699. The summed E-state index contributed by atoms with van der Waals surface area (Å²) in [5.74, 6) is 0.699. The highest BCUT2D eigenvalue weighted by Crippen LogP contribution is 2.16. The Bertz CT molecular complexity index is 491. The van der Waals surface area contributed by atoms with Gasteiger partial charge in [-0.1, -0.05) is 0 Å². The van der Waals surface area contributed by atoms with Crippen molar-refractivity contribution in [2.45, 2.75) is 12.8 Å². The van der Waals surface area contributed by atoms with Crippen molar-refractivity contribution in [2.75, 3.05) is 13.1 Å². The van der Waals surface area contributed by atoms with E-state index < -0.39 is 0 Å². The molecule has 0 bridgehead atoms. The molecule has 0 unspecified atom stereocenters. The van der Waals surface area contributed by atoms with E-state index in [2.05, 4.69) is 25.5 Å². The van der Waals surface area contributed by atoms with Crippen LogP contribution in [0, 0.1) is 5.92 Å². The maximum atomic E-state index is 4.29. The molecule has 0 spiro atoms. The van der Waals surface area contributed by atoms with Gasteiger partial charge in [0.25, 0.3) is 0 Å². The van der Waals surface area contributed by atoms with Gasteiger partial charge in [-0.3, -0.25) is 0 Å². The van der Waals surface area contributed by atoms with Crippen LogP contribution in [0.1, 0.15) is 12.1 Å². The third kappa shape index (κ3) is 2.51. The molecule has 0 aliphatic carbocycles. The highest BCUT2D eigenvalue weighted by molar-refractivity contribution is 5.55. The average Bonchev–Trinajstić information content (AvgIpc) is 2.94. The summed E-state index contributed by atoms with van der Waals surface area (Å²) in [5, 5.41) is 11.9. The Morgan fingerprint density at radius 3 is 2.72 bits per heavy atom. The van der Waals surface area contributed by atoms with Crippen LogP contribution in [0.3, 0.4) is 0 Å². The second-order valence-corrected chi connectivity index (χ2v) is 4.60. The van der Waals surface area contributed by atoms with Gasteiger partial charge >= 0.3 is 0 Å². The van der Waals surface area contributed by atoms with Gasteiger partial charge in [0.05, 0.1) is 11.4 Å². The lowest BCUT2D eigenvalue weighted by atomic mass is 10.0. The first-order valence-corrected chi connectivity index (χ1v) is 6.20. The Hall–Kier alpha value is -1.88. The number of hydrogen-bond acceptors (Lipinski definition) is 5. The van der Waals surface area contributed by atoms with Crippen molar-refractivity contribution < 1.29 is 0 Å². The fourth-order valence-corrected chi connectivity index (χ4v) is 2.24. The molecule has 5 heteroatoms. The lowest BCUT2D eigenvalue weighted by Crippen LogP contribution is -2.11. The topological polar surface area (TPSA) is 63.6 Å². The number of nitrogens with one attached hydrogen (secondary N) is 1. The highest BCUT2D eigenvalue weighted by Gasteiger charge is 2.15. The Morgan fingerprint density at radius 1 is 1.17 bits per heavy atom. The second-order valence-electron chi connectivity index (χ2n) is 4.60. The monoisotopic (exact) mass is 241 g/mol. The van der Waals surface area contributed by atoms with Gasteiger partial charge in [-0.2, -0.15) is 10.2 Å². The van der Waals surface area contributed by atoms with Crippen LogP contribution in [0.5, 0.6) is 0 Å². The van der Waals surface area contributed by atoms with Crippen LogP contribution in [-0.2, 0) is 6.42 Å². The summed E-state index contributed by atoms with van der Waals surface area (Å²) in [4.78, 5) is 7.96. The summed E-state index contributed by atoms with van der Waals surface area (Å²) in [7, 11) is 0. The van der Waals surface area contributed by atoms with Crippen LogP contribution in [0.2, 0.25) is 0 Å². The first-order valence-electron chi connectivity index (χ1n) is 6.20. The molecular weight excluding hydrogens is 226 g/mol. The highest BCUT2D eigenvalue weighted by atomic mass is 15.1. The summed E-state index contributed by atoms with van der Waals surface area (Å²) < 4.78 is 0. The molecule has 3 heterocycles. The summed E-state index contributed by atoms with van der Waals surface area (Å²) in [6, 6.07) is 4.04. The van der Waals surface area contributed by atoms with Crippen molar-refractivity contribution in [1.29, 1.82) is 0 Å². The van der Waals surface area contributed by atoms with E-state index >= 15 is 0 Å². The van der Waals surface area contributed by atoms with E-state index in [0.29, 0.717) is 5.92 Å². The first-order chi connectivity index (χ1) is 8.92. The predicted octanol–water partition coefficient (Wildman–Crippen LogP) is 1.09. The van der Waals surface area contributed by atoms with Gasteiger partial charge in [0.15, 0.2) is 0 Å².